The van der Waals surface area contributed by atoms with Gasteiger partial charge in [-0.1, -0.05) is 0 Å². The normalized spacial score (nSPS) is 18.3. The lowest BCUT2D eigenvalue weighted by molar-refractivity contribution is 0.0691. The number of rotatable bonds is 4. The van der Waals surface area contributed by atoms with E-state index in [1.165, 1.54) is 19.3 Å². The van der Waals surface area contributed by atoms with E-state index in [1.54, 1.807) is 6.20 Å². The average molecular weight is 389 g/mol. The van der Waals surface area contributed by atoms with Gasteiger partial charge in [0.25, 0.3) is 5.91 Å². The summed E-state index contributed by atoms with van der Waals surface area (Å²) in [7, 11) is 2.00. The van der Waals surface area contributed by atoms with Gasteiger partial charge in [-0.2, -0.15) is 0 Å². The molecular formula is C18H30Cl2N4O. The number of piperidine rings is 2. The summed E-state index contributed by atoms with van der Waals surface area (Å²) >= 11 is 0. The summed E-state index contributed by atoms with van der Waals surface area (Å²) in [6.07, 6.45) is 7.66. The Kier molecular flexibility index (Phi) is 9.54. The number of nitrogens with zero attached hydrogens (tertiary/aromatic N) is 3. The number of hydrogen-bond donors (Lipinski definition) is 1. The van der Waals surface area contributed by atoms with Gasteiger partial charge in [0.15, 0.2) is 0 Å². The molecule has 0 saturated carbocycles. The Labute approximate surface area is 163 Å². The molecule has 3 rings (SSSR count). The monoisotopic (exact) mass is 388 g/mol. The highest BCUT2D eigenvalue weighted by molar-refractivity contribution is 5.99. The Balaban J connectivity index is 0.00000156. The van der Waals surface area contributed by atoms with Gasteiger partial charge >= 0.3 is 0 Å². The molecule has 1 N–H and O–H groups in total. The molecule has 0 atom stereocenters. The lowest BCUT2D eigenvalue weighted by atomic mass is 9.96. The summed E-state index contributed by atoms with van der Waals surface area (Å²) in [5.41, 5.74) is 0.779. The van der Waals surface area contributed by atoms with Crippen LogP contribution in [0.15, 0.2) is 18.3 Å². The van der Waals surface area contributed by atoms with Crippen LogP contribution < -0.4 is 10.2 Å². The van der Waals surface area contributed by atoms with E-state index in [-0.39, 0.29) is 30.7 Å². The average Bonchev–Trinajstić information content (AvgIpc) is 2.63. The molecule has 142 valence electrons. The molecule has 2 aliphatic rings. The first-order chi connectivity index (χ1) is 11.3. The first kappa shape index (κ1) is 22.0. The minimum Gasteiger partial charge on any atom is -0.356 e. The lowest BCUT2D eigenvalue weighted by Crippen LogP contribution is -2.41. The van der Waals surface area contributed by atoms with Gasteiger partial charge in [-0.15, -0.1) is 24.8 Å². The van der Waals surface area contributed by atoms with E-state index in [0.29, 0.717) is 5.92 Å². The quantitative estimate of drug-likeness (QED) is 0.860. The number of aromatic nitrogens is 1. The maximum atomic E-state index is 13.0. The number of amides is 1. The Morgan fingerprint density at radius 2 is 1.84 bits per heavy atom. The van der Waals surface area contributed by atoms with Crippen LogP contribution in [0.4, 0.5) is 5.82 Å². The van der Waals surface area contributed by atoms with Crippen molar-refractivity contribution in [1.82, 2.24) is 15.2 Å². The molecule has 0 spiro atoms. The standard InChI is InChI=1S/C18H28N4O.2ClH/c1-19-14-15-7-12-22(13-8-15)18(23)16-6-5-9-20-17(16)21-10-3-2-4-11-21;;/h5-6,9,15,19H,2-4,7-8,10-14H2,1H3;2*1H. The summed E-state index contributed by atoms with van der Waals surface area (Å²) < 4.78 is 0. The fourth-order valence-electron chi connectivity index (χ4n) is 3.72. The highest BCUT2D eigenvalue weighted by Gasteiger charge is 2.26. The number of anilines is 1. The van der Waals surface area contributed by atoms with Crippen LogP contribution in [0.2, 0.25) is 0 Å². The largest absolute Gasteiger partial charge is 0.356 e. The Bertz CT molecular complexity index is 530. The second kappa shape index (κ2) is 10.8. The van der Waals surface area contributed by atoms with Gasteiger partial charge < -0.3 is 15.1 Å². The van der Waals surface area contributed by atoms with Gasteiger partial charge in [0.1, 0.15) is 5.82 Å². The Morgan fingerprint density at radius 1 is 1.16 bits per heavy atom. The maximum absolute atomic E-state index is 13.0. The van der Waals surface area contributed by atoms with Crippen molar-refractivity contribution in [3.63, 3.8) is 0 Å². The highest BCUT2D eigenvalue weighted by atomic mass is 35.5. The van der Waals surface area contributed by atoms with Crippen LogP contribution in [0.25, 0.3) is 0 Å². The topological polar surface area (TPSA) is 48.5 Å². The van der Waals surface area contributed by atoms with E-state index in [2.05, 4.69) is 15.2 Å². The third kappa shape index (κ3) is 5.47. The molecule has 5 nitrogen and oxygen atoms in total. The molecule has 0 radical (unpaired) electrons. The zero-order chi connectivity index (χ0) is 16.1. The maximum Gasteiger partial charge on any atom is 0.257 e. The van der Waals surface area contributed by atoms with Crippen LogP contribution in [0.5, 0.6) is 0 Å². The molecular weight excluding hydrogens is 359 g/mol. The number of carbonyl (C=O) groups excluding carboxylic acids is 1. The summed E-state index contributed by atoms with van der Waals surface area (Å²) in [4.78, 5) is 21.8. The van der Waals surface area contributed by atoms with Crippen molar-refractivity contribution in [2.24, 2.45) is 5.92 Å². The second-order valence-electron chi connectivity index (χ2n) is 6.72. The van der Waals surface area contributed by atoms with Crippen molar-refractivity contribution in [3.05, 3.63) is 23.9 Å². The molecule has 0 unspecified atom stereocenters. The number of hydrogen-bond acceptors (Lipinski definition) is 4. The van der Waals surface area contributed by atoms with Crippen molar-refractivity contribution in [3.8, 4) is 0 Å². The van der Waals surface area contributed by atoms with E-state index in [9.17, 15) is 4.79 Å². The van der Waals surface area contributed by atoms with Crippen LogP contribution in [-0.4, -0.2) is 55.6 Å². The Hall–Kier alpha value is -1.04. The smallest absolute Gasteiger partial charge is 0.257 e. The molecule has 2 aliphatic heterocycles. The molecule has 2 fully saturated rings. The lowest BCUT2D eigenvalue weighted by Gasteiger charge is -2.34. The molecule has 2 saturated heterocycles. The summed E-state index contributed by atoms with van der Waals surface area (Å²) in [5.74, 6) is 1.73. The minimum atomic E-state index is 0. The summed E-state index contributed by atoms with van der Waals surface area (Å²) in [6.45, 7) is 4.80. The number of carbonyl (C=O) groups is 1. The fourth-order valence-corrected chi connectivity index (χ4v) is 3.72. The predicted octanol–water partition coefficient (Wildman–Crippen LogP) is 2.99. The van der Waals surface area contributed by atoms with Gasteiger partial charge in [-0.05, 0) is 63.7 Å². The number of likely N-dealkylation sites (tertiary alicyclic amines) is 1. The molecule has 1 aromatic heterocycles. The predicted molar refractivity (Wildman–Crippen MR) is 107 cm³/mol. The van der Waals surface area contributed by atoms with E-state index >= 15 is 0 Å². The van der Waals surface area contributed by atoms with Gasteiger partial charge in [-0.3, -0.25) is 4.79 Å². The zero-order valence-electron chi connectivity index (χ0n) is 14.9. The number of halogens is 2. The third-order valence-electron chi connectivity index (χ3n) is 5.07. The molecule has 0 aliphatic carbocycles. The molecule has 3 heterocycles. The first-order valence-electron chi connectivity index (χ1n) is 8.93. The van der Waals surface area contributed by atoms with Gasteiger partial charge in [0, 0.05) is 32.4 Å². The third-order valence-corrected chi connectivity index (χ3v) is 5.07. The zero-order valence-corrected chi connectivity index (χ0v) is 16.6. The molecule has 0 bridgehead atoms. The van der Waals surface area contributed by atoms with Crippen LogP contribution in [0, 0.1) is 5.92 Å². The van der Waals surface area contributed by atoms with Crippen molar-refractivity contribution < 1.29 is 4.79 Å². The fraction of sp³-hybridized carbons (Fsp3) is 0.667. The Morgan fingerprint density at radius 3 is 2.48 bits per heavy atom. The van der Waals surface area contributed by atoms with E-state index in [0.717, 1.165) is 56.9 Å². The van der Waals surface area contributed by atoms with E-state index < -0.39 is 0 Å². The van der Waals surface area contributed by atoms with Gasteiger partial charge in [-0.25, -0.2) is 4.98 Å². The summed E-state index contributed by atoms with van der Waals surface area (Å²) in [5, 5.41) is 3.25. The first-order valence-corrected chi connectivity index (χ1v) is 8.93. The summed E-state index contributed by atoms with van der Waals surface area (Å²) in [6, 6.07) is 3.83. The minimum absolute atomic E-state index is 0. The molecule has 1 aromatic rings. The highest BCUT2D eigenvalue weighted by Crippen LogP contribution is 2.25. The molecule has 1 amide bonds. The molecule has 7 heteroatoms. The number of pyridine rings is 1. The van der Waals surface area contributed by atoms with Gasteiger partial charge in [0.05, 0.1) is 5.56 Å². The van der Waals surface area contributed by atoms with Crippen molar-refractivity contribution in [2.75, 3.05) is 44.7 Å². The van der Waals surface area contributed by atoms with Crippen LogP contribution in [-0.2, 0) is 0 Å². The molecule has 25 heavy (non-hydrogen) atoms. The van der Waals surface area contributed by atoms with E-state index in [1.807, 2.05) is 24.1 Å². The SMILES string of the molecule is CNCC1CCN(C(=O)c2cccnc2N2CCCCC2)CC1.Cl.Cl. The van der Waals surface area contributed by atoms with Crippen LogP contribution >= 0.6 is 24.8 Å². The number of nitrogens with one attached hydrogen (secondary N) is 1. The van der Waals surface area contributed by atoms with Crippen molar-refractivity contribution in [2.45, 2.75) is 32.1 Å². The second-order valence-corrected chi connectivity index (χ2v) is 6.72. The van der Waals surface area contributed by atoms with Gasteiger partial charge in [0.2, 0.25) is 0 Å². The van der Waals surface area contributed by atoms with Crippen molar-refractivity contribution in [1.29, 1.82) is 0 Å². The molecule has 0 aromatic carbocycles. The van der Waals surface area contributed by atoms with Crippen LogP contribution in [0.3, 0.4) is 0 Å². The van der Waals surface area contributed by atoms with Crippen molar-refractivity contribution >= 4 is 36.5 Å². The van der Waals surface area contributed by atoms with Crippen LogP contribution in [0.1, 0.15) is 42.5 Å². The van der Waals surface area contributed by atoms with E-state index in [4.69, 9.17) is 0 Å².